The molecule has 0 radical (unpaired) electrons. The van der Waals surface area contributed by atoms with E-state index in [2.05, 4.69) is 25.9 Å². The van der Waals surface area contributed by atoms with Gasteiger partial charge in [0.1, 0.15) is 14.8 Å². The minimum atomic E-state index is 0.247. The molecule has 18 heavy (non-hydrogen) atoms. The predicted octanol–water partition coefficient (Wildman–Crippen LogP) is 3.80. The molecule has 2 aromatic rings. The smallest absolute Gasteiger partial charge is 0.231 e. The van der Waals surface area contributed by atoms with Crippen molar-refractivity contribution in [2.75, 3.05) is 12.8 Å². The Morgan fingerprint density at radius 3 is 2.61 bits per heavy atom. The maximum atomic E-state index is 6.11. The number of pyridine rings is 2. The van der Waals surface area contributed by atoms with Gasteiger partial charge in [-0.05, 0) is 28.1 Å². The predicted molar refractivity (Wildman–Crippen MR) is 76.2 cm³/mol. The van der Waals surface area contributed by atoms with Gasteiger partial charge in [0.15, 0.2) is 0 Å². The first-order valence-electron chi connectivity index (χ1n) is 4.85. The molecule has 0 bridgehead atoms. The first-order valence-corrected chi connectivity index (χ1v) is 6.40. The van der Waals surface area contributed by atoms with E-state index in [1.54, 1.807) is 18.3 Å². The van der Waals surface area contributed by atoms with Gasteiger partial charge in [0.25, 0.3) is 0 Å². The number of aromatic nitrogens is 2. The summed E-state index contributed by atoms with van der Waals surface area (Å²) in [4.78, 5) is 8.09. The highest BCUT2D eigenvalue weighted by Crippen LogP contribution is 2.40. The Kier molecular flexibility index (Phi) is 3.94. The van der Waals surface area contributed by atoms with Gasteiger partial charge in [-0.25, -0.2) is 4.98 Å². The Hall–Kier alpha value is -1.04. The van der Waals surface area contributed by atoms with Crippen molar-refractivity contribution in [3.63, 3.8) is 0 Å². The van der Waals surface area contributed by atoms with Crippen molar-refractivity contribution in [1.82, 2.24) is 9.97 Å². The number of nitrogen functional groups attached to an aromatic ring is 1. The van der Waals surface area contributed by atoms with Crippen molar-refractivity contribution in [3.8, 4) is 17.0 Å². The average molecular weight is 349 g/mol. The number of hydrogen-bond donors (Lipinski definition) is 1. The lowest BCUT2D eigenvalue weighted by molar-refractivity contribution is 0.395. The van der Waals surface area contributed by atoms with E-state index >= 15 is 0 Å². The number of methoxy groups -OCH3 is 1. The highest BCUT2D eigenvalue weighted by molar-refractivity contribution is 9.10. The Bertz CT molecular complexity index is 590. The van der Waals surface area contributed by atoms with Crippen LogP contribution in [-0.4, -0.2) is 17.1 Å². The van der Waals surface area contributed by atoms with Crippen molar-refractivity contribution in [2.24, 2.45) is 0 Å². The Balaban J connectivity index is 2.64. The molecule has 0 aliphatic heterocycles. The largest absolute Gasteiger partial charge is 0.480 e. The lowest BCUT2D eigenvalue weighted by Crippen LogP contribution is -1.99. The van der Waals surface area contributed by atoms with Gasteiger partial charge in [-0.15, -0.1) is 0 Å². The molecular weight excluding hydrogens is 341 g/mol. The van der Waals surface area contributed by atoms with Crippen molar-refractivity contribution in [1.29, 1.82) is 0 Å². The first-order chi connectivity index (χ1) is 8.54. The van der Waals surface area contributed by atoms with Gasteiger partial charge in [-0.2, -0.15) is 4.98 Å². The van der Waals surface area contributed by atoms with Crippen LogP contribution in [-0.2, 0) is 0 Å². The minimum Gasteiger partial charge on any atom is -0.480 e. The number of hydrogen-bond acceptors (Lipinski definition) is 4. The summed E-state index contributed by atoms with van der Waals surface area (Å²) in [6, 6.07) is 3.43. The van der Waals surface area contributed by atoms with Gasteiger partial charge in [0.05, 0.1) is 12.8 Å². The molecule has 0 saturated heterocycles. The Labute approximate surface area is 122 Å². The third-order valence-electron chi connectivity index (χ3n) is 2.31. The fourth-order valence-corrected chi connectivity index (χ4v) is 2.31. The van der Waals surface area contributed by atoms with E-state index in [1.807, 2.05) is 0 Å². The summed E-state index contributed by atoms with van der Waals surface area (Å²) in [5.41, 5.74) is 7.78. The molecule has 2 N–H and O–H groups in total. The second-order valence-corrected chi connectivity index (χ2v) is 4.92. The number of nitrogens with two attached hydrogens (primary N) is 1. The average Bonchev–Trinajstić information content (AvgIpc) is 2.36. The van der Waals surface area contributed by atoms with Crippen LogP contribution in [0.2, 0.25) is 10.3 Å². The van der Waals surface area contributed by atoms with Crippen LogP contribution in [0.25, 0.3) is 11.1 Å². The fraction of sp³-hybridized carbons (Fsp3) is 0.0909. The molecule has 0 amide bonds. The van der Waals surface area contributed by atoms with Gasteiger partial charge in [0.2, 0.25) is 5.88 Å². The lowest BCUT2D eigenvalue weighted by Gasteiger charge is -2.12. The Morgan fingerprint density at radius 2 is 2.06 bits per heavy atom. The van der Waals surface area contributed by atoms with E-state index < -0.39 is 0 Å². The lowest BCUT2D eigenvalue weighted by atomic mass is 10.1. The second kappa shape index (κ2) is 5.30. The van der Waals surface area contributed by atoms with E-state index in [0.717, 1.165) is 5.56 Å². The molecule has 0 aromatic carbocycles. The monoisotopic (exact) mass is 347 g/mol. The van der Waals surface area contributed by atoms with Crippen LogP contribution < -0.4 is 10.5 Å². The highest BCUT2D eigenvalue weighted by Gasteiger charge is 2.17. The van der Waals surface area contributed by atoms with E-state index in [9.17, 15) is 0 Å². The van der Waals surface area contributed by atoms with E-state index in [1.165, 1.54) is 7.11 Å². The van der Waals surface area contributed by atoms with Gasteiger partial charge >= 0.3 is 0 Å². The van der Waals surface area contributed by atoms with Gasteiger partial charge in [-0.3, -0.25) is 0 Å². The van der Waals surface area contributed by atoms with Crippen LogP contribution >= 0.6 is 39.1 Å². The van der Waals surface area contributed by atoms with Crippen LogP contribution in [0.15, 0.2) is 22.8 Å². The standard InChI is InChI=1S/C11H8BrCl2N3O/c1-18-11-8(12)9(15)7(10(14)17-11)5-2-3-6(13)16-4-5/h2-4H,1H3,(H2,15,17). The van der Waals surface area contributed by atoms with Gasteiger partial charge < -0.3 is 10.5 Å². The fourth-order valence-electron chi connectivity index (χ4n) is 1.46. The van der Waals surface area contributed by atoms with Gasteiger partial charge in [0, 0.05) is 17.3 Å². The number of rotatable bonds is 2. The van der Waals surface area contributed by atoms with Crippen molar-refractivity contribution in [2.45, 2.75) is 0 Å². The van der Waals surface area contributed by atoms with Crippen LogP contribution in [0, 0.1) is 0 Å². The maximum Gasteiger partial charge on any atom is 0.231 e. The first kappa shape index (κ1) is 13.4. The number of ether oxygens (including phenoxy) is 1. The van der Waals surface area contributed by atoms with Crippen molar-refractivity contribution in [3.05, 3.63) is 33.1 Å². The molecule has 0 spiro atoms. The molecule has 0 atom stereocenters. The summed E-state index contributed by atoms with van der Waals surface area (Å²) in [7, 11) is 1.49. The number of nitrogens with zero attached hydrogens (tertiary/aromatic N) is 2. The molecule has 0 unspecified atom stereocenters. The summed E-state index contributed by atoms with van der Waals surface area (Å²) in [5.74, 6) is 0.336. The van der Waals surface area contributed by atoms with E-state index in [0.29, 0.717) is 26.8 Å². The summed E-state index contributed by atoms with van der Waals surface area (Å²) in [6.07, 6.45) is 1.58. The van der Waals surface area contributed by atoms with Crippen molar-refractivity contribution >= 4 is 44.8 Å². The van der Waals surface area contributed by atoms with Crippen LogP contribution in [0.3, 0.4) is 0 Å². The third-order valence-corrected chi connectivity index (χ3v) is 3.57. The third kappa shape index (κ3) is 2.39. The molecule has 2 heterocycles. The molecule has 0 fully saturated rings. The van der Waals surface area contributed by atoms with Crippen LogP contribution in [0.4, 0.5) is 5.69 Å². The maximum absolute atomic E-state index is 6.11. The van der Waals surface area contributed by atoms with Gasteiger partial charge in [-0.1, -0.05) is 23.2 Å². The summed E-state index contributed by atoms with van der Waals surface area (Å²) in [6.45, 7) is 0. The zero-order valence-corrected chi connectivity index (χ0v) is 12.3. The molecule has 7 heteroatoms. The molecule has 0 saturated carbocycles. The van der Waals surface area contributed by atoms with Crippen LogP contribution in [0.1, 0.15) is 0 Å². The van der Waals surface area contributed by atoms with Crippen LogP contribution in [0.5, 0.6) is 5.88 Å². The SMILES string of the molecule is COc1nc(Cl)c(-c2ccc(Cl)nc2)c(N)c1Br. The summed E-state index contributed by atoms with van der Waals surface area (Å²) in [5, 5.41) is 0.644. The second-order valence-electron chi connectivity index (χ2n) is 3.38. The highest BCUT2D eigenvalue weighted by atomic mass is 79.9. The number of halogens is 3. The molecule has 2 rings (SSSR count). The zero-order chi connectivity index (χ0) is 13.3. The quantitative estimate of drug-likeness (QED) is 0.838. The zero-order valence-electron chi connectivity index (χ0n) is 9.25. The molecule has 94 valence electrons. The number of anilines is 1. The molecule has 4 nitrogen and oxygen atoms in total. The molecule has 0 aliphatic rings. The topological polar surface area (TPSA) is 61.0 Å². The summed E-state index contributed by atoms with van der Waals surface area (Å²) < 4.78 is 5.61. The molecule has 2 aromatic heterocycles. The normalized spacial score (nSPS) is 10.4. The van der Waals surface area contributed by atoms with E-state index in [-0.39, 0.29) is 5.15 Å². The minimum absolute atomic E-state index is 0.247. The van der Waals surface area contributed by atoms with E-state index in [4.69, 9.17) is 33.7 Å². The summed E-state index contributed by atoms with van der Waals surface area (Å²) >= 11 is 15.2. The van der Waals surface area contributed by atoms with Crippen molar-refractivity contribution < 1.29 is 4.74 Å². The molecule has 0 aliphatic carbocycles. The Morgan fingerprint density at radius 1 is 1.33 bits per heavy atom. The molecular formula is C11H8BrCl2N3O.